The fraction of sp³-hybridized carbons (Fsp3) is 0.231. The number of fused-ring (bicyclic) bond motifs is 1. The van der Waals surface area contributed by atoms with Gasteiger partial charge in [-0.3, -0.25) is 9.59 Å². The average Bonchev–Trinajstić information content (AvgIpc) is 2.78. The van der Waals surface area contributed by atoms with Crippen LogP contribution in [-0.2, 0) is 4.79 Å². The molecule has 0 radical (unpaired) electrons. The molecule has 2 rings (SSSR count). The molecule has 100 valence electrons. The summed E-state index contributed by atoms with van der Waals surface area (Å²) in [6.45, 7) is -0.0658. The van der Waals surface area contributed by atoms with Gasteiger partial charge >= 0.3 is 0 Å². The minimum atomic E-state index is -0.428. The fourth-order valence-corrected chi connectivity index (χ4v) is 1.71. The molecule has 0 spiro atoms. The maximum absolute atomic E-state index is 11.8. The Kier molecular flexibility index (Phi) is 3.76. The van der Waals surface area contributed by atoms with Gasteiger partial charge in [0, 0.05) is 24.5 Å². The molecule has 0 saturated carbocycles. The largest absolute Gasteiger partial charge is 0.451 e. The van der Waals surface area contributed by atoms with Crippen LogP contribution in [0.1, 0.15) is 10.6 Å². The third kappa shape index (κ3) is 3.06. The molecule has 1 aromatic carbocycles. The molecule has 0 aliphatic carbocycles. The number of hydrogen-bond acceptors (Lipinski definition) is 3. The molecule has 2 amide bonds. The summed E-state index contributed by atoms with van der Waals surface area (Å²) in [5.41, 5.74) is 0.577. The summed E-state index contributed by atoms with van der Waals surface area (Å²) in [5.74, 6) is -0.459. The first-order valence-electron chi connectivity index (χ1n) is 5.65. The van der Waals surface area contributed by atoms with Crippen molar-refractivity contribution < 1.29 is 14.0 Å². The second kappa shape index (κ2) is 5.32. The number of benzene rings is 1. The van der Waals surface area contributed by atoms with Crippen LogP contribution in [0.25, 0.3) is 11.0 Å². The summed E-state index contributed by atoms with van der Waals surface area (Å²) in [5, 5.41) is 3.82. The van der Waals surface area contributed by atoms with Crippen molar-refractivity contribution in [1.82, 2.24) is 10.2 Å². The molecule has 0 aliphatic rings. The predicted molar refractivity (Wildman–Crippen MR) is 72.3 cm³/mol. The van der Waals surface area contributed by atoms with Crippen molar-refractivity contribution in [3.8, 4) is 0 Å². The molecule has 19 heavy (non-hydrogen) atoms. The van der Waals surface area contributed by atoms with Crippen molar-refractivity contribution in [2.45, 2.75) is 0 Å². The predicted octanol–water partition coefficient (Wildman–Crippen LogP) is 1.90. The fourth-order valence-electron chi connectivity index (χ4n) is 1.53. The van der Waals surface area contributed by atoms with Gasteiger partial charge in [-0.05, 0) is 24.3 Å². The van der Waals surface area contributed by atoms with Crippen LogP contribution < -0.4 is 5.32 Å². The van der Waals surface area contributed by atoms with Crippen LogP contribution in [0.5, 0.6) is 0 Å². The van der Waals surface area contributed by atoms with Gasteiger partial charge in [-0.15, -0.1) is 0 Å². The van der Waals surface area contributed by atoms with Crippen LogP contribution in [0.4, 0.5) is 0 Å². The Labute approximate surface area is 115 Å². The highest BCUT2D eigenvalue weighted by Crippen LogP contribution is 2.22. The van der Waals surface area contributed by atoms with Gasteiger partial charge in [-0.2, -0.15) is 0 Å². The van der Waals surface area contributed by atoms with Gasteiger partial charge < -0.3 is 14.6 Å². The zero-order chi connectivity index (χ0) is 14.0. The Bertz CT molecular complexity index is 634. The lowest BCUT2D eigenvalue weighted by Gasteiger charge is -2.09. The van der Waals surface area contributed by atoms with E-state index < -0.39 is 5.91 Å². The third-order valence-electron chi connectivity index (χ3n) is 2.60. The Balaban J connectivity index is 2.11. The summed E-state index contributed by atoms with van der Waals surface area (Å²) in [6.07, 6.45) is 0. The molecule has 0 atom stereocenters. The molecule has 0 fully saturated rings. The first kappa shape index (κ1) is 13.4. The van der Waals surface area contributed by atoms with Crippen molar-refractivity contribution >= 4 is 34.4 Å². The monoisotopic (exact) mass is 280 g/mol. The highest BCUT2D eigenvalue weighted by atomic mass is 35.5. The maximum Gasteiger partial charge on any atom is 0.287 e. The van der Waals surface area contributed by atoms with Crippen molar-refractivity contribution in [2.24, 2.45) is 0 Å². The van der Waals surface area contributed by atoms with Crippen LogP contribution in [0.3, 0.4) is 0 Å². The lowest BCUT2D eigenvalue weighted by atomic mass is 10.2. The second-order valence-corrected chi connectivity index (χ2v) is 4.70. The van der Waals surface area contributed by atoms with Gasteiger partial charge in [0.15, 0.2) is 5.76 Å². The van der Waals surface area contributed by atoms with Crippen molar-refractivity contribution in [1.29, 1.82) is 0 Å². The Morgan fingerprint density at radius 3 is 2.74 bits per heavy atom. The lowest BCUT2D eigenvalue weighted by molar-refractivity contribution is -0.127. The first-order valence-corrected chi connectivity index (χ1v) is 6.02. The van der Waals surface area contributed by atoms with E-state index in [1.807, 2.05) is 0 Å². The number of hydrogen-bond donors (Lipinski definition) is 1. The average molecular weight is 281 g/mol. The smallest absolute Gasteiger partial charge is 0.287 e. The van der Waals surface area contributed by atoms with Gasteiger partial charge in [0.2, 0.25) is 5.91 Å². The van der Waals surface area contributed by atoms with Crippen LogP contribution in [0, 0.1) is 0 Å². The molecule has 0 aliphatic heterocycles. The van der Waals surface area contributed by atoms with Crippen molar-refractivity contribution in [3.05, 3.63) is 35.0 Å². The van der Waals surface area contributed by atoms with Crippen LogP contribution in [0.2, 0.25) is 5.02 Å². The maximum atomic E-state index is 11.8. The van der Waals surface area contributed by atoms with Gasteiger partial charge in [0.05, 0.1) is 6.54 Å². The molecule has 1 aromatic heterocycles. The number of nitrogens with one attached hydrogen (secondary N) is 1. The SMILES string of the molecule is CN(C)C(=O)CNC(=O)c1cc2cc(Cl)ccc2o1. The third-order valence-corrected chi connectivity index (χ3v) is 2.84. The number of nitrogens with zero attached hydrogens (tertiary/aromatic N) is 1. The van der Waals surface area contributed by atoms with E-state index >= 15 is 0 Å². The standard InChI is InChI=1S/C13H13ClN2O3/c1-16(2)12(17)7-15-13(18)11-6-8-5-9(14)3-4-10(8)19-11/h3-6H,7H2,1-2H3,(H,15,18). The van der Waals surface area contributed by atoms with E-state index in [4.69, 9.17) is 16.0 Å². The number of carbonyl (C=O) groups excluding carboxylic acids is 2. The summed E-state index contributed by atoms with van der Waals surface area (Å²) in [7, 11) is 3.25. The summed E-state index contributed by atoms with van der Waals surface area (Å²) >= 11 is 5.85. The summed E-state index contributed by atoms with van der Waals surface area (Å²) in [4.78, 5) is 24.6. The molecule has 0 unspecified atom stereocenters. The quantitative estimate of drug-likeness (QED) is 0.934. The van der Waals surface area contributed by atoms with Gasteiger partial charge in [-0.25, -0.2) is 0 Å². The Morgan fingerprint density at radius 2 is 2.05 bits per heavy atom. The topological polar surface area (TPSA) is 62.6 Å². The summed E-state index contributed by atoms with van der Waals surface area (Å²) in [6, 6.07) is 6.68. The second-order valence-electron chi connectivity index (χ2n) is 4.26. The number of furan rings is 1. The molecule has 0 bridgehead atoms. The van der Waals surface area contributed by atoms with E-state index in [0.29, 0.717) is 10.6 Å². The minimum absolute atomic E-state index is 0.0658. The number of rotatable bonds is 3. The molecule has 2 aromatic rings. The van der Waals surface area contributed by atoms with E-state index in [-0.39, 0.29) is 18.2 Å². The van der Waals surface area contributed by atoms with E-state index in [0.717, 1.165) is 5.39 Å². The molecular formula is C13H13ClN2O3. The highest BCUT2D eigenvalue weighted by molar-refractivity contribution is 6.31. The number of amides is 2. The normalized spacial score (nSPS) is 10.5. The zero-order valence-corrected chi connectivity index (χ0v) is 11.3. The van der Waals surface area contributed by atoms with Crippen molar-refractivity contribution in [3.63, 3.8) is 0 Å². The highest BCUT2D eigenvalue weighted by Gasteiger charge is 2.14. The van der Waals surface area contributed by atoms with Gasteiger partial charge in [-0.1, -0.05) is 11.6 Å². The van der Waals surface area contributed by atoms with E-state index in [2.05, 4.69) is 5.32 Å². The van der Waals surface area contributed by atoms with E-state index in [1.165, 1.54) is 4.90 Å². The van der Waals surface area contributed by atoms with E-state index in [9.17, 15) is 9.59 Å². The van der Waals surface area contributed by atoms with Crippen LogP contribution >= 0.6 is 11.6 Å². The van der Waals surface area contributed by atoms with E-state index in [1.54, 1.807) is 38.4 Å². The molecule has 0 saturated heterocycles. The van der Waals surface area contributed by atoms with Crippen molar-refractivity contribution in [2.75, 3.05) is 20.6 Å². The zero-order valence-electron chi connectivity index (χ0n) is 10.6. The van der Waals surface area contributed by atoms with Gasteiger partial charge in [0.1, 0.15) is 5.58 Å². The first-order chi connectivity index (χ1) is 8.97. The molecule has 1 heterocycles. The van der Waals surface area contributed by atoms with Gasteiger partial charge in [0.25, 0.3) is 5.91 Å². The Morgan fingerprint density at radius 1 is 1.32 bits per heavy atom. The number of likely N-dealkylation sites (N-methyl/N-ethyl adjacent to an activating group) is 1. The summed E-state index contributed by atoms with van der Waals surface area (Å²) < 4.78 is 5.38. The Hall–Kier alpha value is -2.01. The number of halogens is 1. The van der Waals surface area contributed by atoms with Crippen LogP contribution in [0.15, 0.2) is 28.7 Å². The molecule has 6 heteroatoms. The molecular weight excluding hydrogens is 268 g/mol. The minimum Gasteiger partial charge on any atom is -0.451 e. The lowest BCUT2D eigenvalue weighted by Crippen LogP contribution is -2.36. The molecule has 1 N–H and O–H groups in total. The number of carbonyl (C=O) groups is 2. The van der Waals surface area contributed by atoms with Crippen LogP contribution in [-0.4, -0.2) is 37.4 Å². The molecule has 5 nitrogen and oxygen atoms in total.